The molecule has 1 aromatic rings. The number of aliphatic hydroxyl groups excluding tert-OH is 2. The minimum atomic E-state index is -1.03. The van der Waals surface area contributed by atoms with Crippen molar-refractivity contribution in [1.29, 1.82) is 0 Å². The zero-order valence-corrected chi connectivity index (χ0v) is 10.3. The standard InChI is InChI=1S/C10H11BrO3S/c11-8-2-6(4-12)1-7(3-8)10(14)9(13)5-15/h1-4,9-10,13-15H,5H2. The van der Waals surface area contributed by atoms with Crippen LogP contribution in [0.5, 0.6) is 0 Å². The van der Waals surface area contributed by atoms with Gasteiger partial charge in [-0.15, -0.1) is 0 Å². The van der Waals surface area contributed by atoms with Crippen LogP contribution >= 0.6 is 28.6 Å². The van der Waals surface area contributed by atoms with Crippen LogP contribution in [-0.4, -0.2) is 28.4 Å². The van der Waals surface area contributed by atoms with Crippen molar-refractivity contribution in [2.45, 2.75) is 12.2 Å². The Balaban J connectivity index is 3.02. The first-order chi connectivity index (χ1) is 7.08. The second kappa shape index (κ2) is 5.65. The van der Waals surface area contributed by atoms with Crippen LogP contribution in [0.1, 0.15) is 22.0 Å². The topological polar surface area (TPSA) is 57.5 Å². The third-order valence-corrected chi connectivity index (χ3v) is 2.80. The number of benzene rings is 1. The van der Waals surface area contributed by atoms with E-state index in [1.54, 1.807) is 12.1 Å². The molecule has 0 bridgehead atoms. The van der Waals surface area contributed by atoms with Crippen molar-refractivity contribution >= 4 is 34.8 Å². The van der Waals surface area contributed by atoms with E-state index in [0.29, 0.717) is 21.9 Å². The van der Waals surface area contributed by atoms with E-state index in [2.05, 4.69) is 28.6 Å². The molecule has 2 atom stereocenters. The summed E-state index contributed by atoms with van der Waals surface area (Å²) in [6, 6.07) is 4.83. The molecule has 3 nitrogen and oxygen atoms in total. The predicted octanol–water partition coefficient (Wildman–Crippen LogP) is 1.59. The normalized spacial score (nSPS) is 14.7. The molecule has 0 aromatic heterocycles. The van der Waals surface area contributed by atoms with E-state index in [0.717, 1.165) is 0 Å². The fourth-order valence-electron chi connectivity index (χ4n) is 1.20. The second-order valence-electron chi connectivity index (χ2n) is 3.13. The van der Waals surface area contributed by atoms with E-state index < -0.39 is 12.2 Å². The van der Waals surface area contributed by atoms with E-state index in [1.807, 2.05) is 0 Å². The second-order valence-corrected chi connectivity index (χ2v) is 4.41. The molecule has 0 aliphatic rings. The van der Waals surface area contributed by atoms with E-state index in [9.17, 15) is 15.0 Å². The van der Waals surface area contributed by atoms with Gasteiger partial charge in [-0.25, -0.2) is 0 Å². The first-order valence-corrected chi connectivity index (χ1v) is 5.73. The minimum absolute atomic E-state index is 0.157. The molecule has 0 amide bonds. The molecule has 2 unspecified atom stereocenters. The summed E-state index contributed by atoms with van der Waals surface area (Å²) < 4.78 is 0.688. The van der Waals surface area contributed by atoms with E-state index in [-0.39, 0.29) is 5.75 Å². The van der Waals surface area contributed by atoms with Gasteiger partial charge in [-0.2, -0.15) is 12.6 Å². The summed E-state index contributed by atoms with van der Waals surface area (Å²) in [6.07, 6.45) is -1.28. The molecule has 0 heterocycles. The van der Waals surface area contributed by atoms with Crippen LogP contribution < -0.4 is 0 Å². The van der Waals surface area contributed by atoms with Gasteiger partial charge in [0.15, 0.2) is 0 Å². The minimum Gasteiger partial charge on any atom is -0.389 e. The number of aliphatic hydroxyl groups is 2. The van der Waals surface area contributed by atoms with Crippen molar-refractivity contribution < 1.29 is 15.0 Å². The van der Waals surface area contributed by atoms with Crippen molar-refractivity contribution in [3.8, 4) is 0 Å². The maximum atomic E-state index is 10.6. The van der Waals surface area contributed by atoms with Crippen LogP contribution in [0.3, 0.4) is 0 Å². The van der Waals surface area contributed by atoms with Gasteiger partial charge in [-0.3, -0.25) is 4.79 Å². The van der Waals surface area contributed by atoms with Gasteiger partial charge in [0.05, 0.1) is 6.10 Å². The zero-order chi connectivity index (χ0) is 11.4. The Labute approximate surface area is 102 Å². The van der Waals surface area contributed by atoms with Gasteiger partial charge in [0.25, 0.3) is 0 Å². The first kappa shape index (κ1) is 12.7. The Bertz CT molecular complexity index is 357. The van der Waals surface area contributed by atoms with Crippen LogP contribution in [0, 0.1) is 0 Å². The maximum Gasteiger partial charge on any atom is 0.150 e. The highest BCUT2D eigenvalue weighted by molar-refractivity contribution is 9.10. The lowest BCUT2D eigenvalue weighted by Crippen LogP contribution is -2.19. The largest absolute Gasteiger partial charge is 0.389 e. The lowest BCUT2D eigenvalue weighted by molar-refractivity contribution is 0.0337. The summed E-state index contributed by atoms with van der Waals surface area (Å²) in [5, 5.41) is 19.1. The van der Waals surface area contributed by atoms with Crippen molar-refractivity contribution in [2.24, 2.45) is 0 Å². The summed E-state index contributed by atoms with van der Waals surface area (Å²) in [5.74, 6) is 0.157. The highest BCUT2D eigenvalue weighted by atomic mass is 79.9. The fraction of sp³-hybridized carbons (Fsp3) is 0.300. The van der Waals surface area contributed by atoms with E-state index >= 15 is 0 Å². The van der Waals surface area contributed by atoms with Crippen molar-refractivity contribution in [3.05, 3.63) is 33.8 Å². The molecule has 15 heavy (non-hydrogen) atoms. The van der Waals surface area contributed by atoms with E-state index in [4.69, 9.17) is 0 Å². The third kappa shape index (κ3) is 3.31. The average molecular weight is 291 g/mol. The molecule has 82 valence electrons. The summed E-state index contributed by atoms with van der Waals surface area (Å²) in [7, 11) is 0. The van der Waals surface area contributed by atoms with Gasteiger partial charge in [0, 0.05) is 15.8 Å². The van der Waals surface area contributed by atoms with Gasteiger partial charge in [-0.1, -0.05) is 15.9 Å². The van der Waals surface area contributed by atoms with Gasteiger partial charge < -0.3 is 10.2 Å². The number of aldehydes is 1. The van der Waals surface area contributed by atoms with Gasteiger partial charge in [-0.05, 0) is 23.8 Å². The molecule has 0 saturated heterocycles. The molecular formula is C10H11BrO3S. The summed E-state index contributed by atoms with van der Waals surface area (Å²) >= 11 is 7.11. The van der Waals surface area contributed by atoms with Crippen molar-refractivity contribution in [2.75, 3.05) is 5.75 Å². The number of thiol groups is 1. The Morgan fingerprint density at radius 2 is 2.07 bits per heavy atom. The van der Waals surface area contributed by atoms with Crippen LogP contribution in [0.2, 0.25) is 0 Å². The number of carbonyl (C=O) groups excluding carboxylic acids is 1. The number of carbonyl (C=O) groups is 1. The summed E-state index contributed by atoms with van der Waals surface area (Å²) in [5.41, 5.74) is 0.942. The monoisotopic (exact) mass is 290 g/mol. The van der Waals surface area contributed by atoms with Crippen molar-refractivity contribution in [1.82, 2.24) is 0 Å². The highest BCUT2D eigenvalue weighted by Gasteiger charge is 2.17. The SMILES string of the molecule is O=Cc1cc(Br)cc(C(O)C(O)CS)c1. The van der Waals surface area contributed by atoms with Crippen LogP contribution in [0.15, 0.2) is 22.7 Å². The fourth-order valence-corrected chi connectivity index (χ4v) is 1.93. The first-order valence-electron chi connectivity index (χ1n) is 4.31. The molecule has 0 saturated carbocycles. The summed E-state index contributed by atoms with van der Waals surface area (Å²) in [4.78, 5) is 10.6. The lowest BCUT2D eigenvalue weighted by Gasteiger charge is -2.16. The molecule has 0 fully saturated rings. The molecular weight excluding hydrogens is 280 g/mol. The van der Waals surface area contributed by atoms with Gasteiger partial charge in [0.2, 0.25) is 0 Å². The highest BCUT2D eigenvalue weighted by Crippen LogP contribution is 2.23. The predicted molar refractivity (Wildman–Crippen MR) is 64.3 cm³/mol. The van der Waals surface area contributed by atoms with Crippen LogP contribution in [-0.2, 0) is 0 Å². The van der Waals surface area contributed by atoms with Gasteiger partial charge in [0.1, 0.15) is 12.4 Å². The molecule has 0 radical (unpaired) electrons. The molecule has 1 rings (SSSR count). The maximum absolute atomic E-state index is 10.6. The smallest absolute Gasteiger partial charge is 0.150 e. The quantitative estimate of drug-likeness (QED) is 0.583. The molecule has 0 spiro atoms. The number of hydrogen-bond donors (Lipinski definition) is 3. The molecule has 2 N–H and O–H groups in total. The van der Waals surface area contributed by atoms with Crippen molar-refractivity contribution in [3.63, 3.8) is 0 Å². The lowest BCUT2D eigenvalue weighted by atomic mass is 10.0. The van der Waals surface area contributed by atoms with Crippen LogP contribution in [0.4, 0.5) is 0 Å². The van der Waals surface area contributed by atoms with E-state index in [1.165, 1.54) is 6.07 Å². The van der Waals surface area contributed by atoms with Gasteiger partial charge >= 0.3 is 0 Å². The number of rotatable bonds is 4. The average Bonchev–Trinajstić information content (AvgIpc) is 2.26. The number of hydrogen-bond acceptors (Lipinski definition) is 4. The molecule has 5 heteroatoms. The number of halogens is 1. The molecule has 0 aliphatic heterocycles. The van der Waals surface area contributed by atoms with Crippen LogP contribution in [0.25, 0.3) is 0 Å². The Morgan fingerprint density at radius 1 is 1.40 bits per heavy atom. The third-order valence-electron chi connectivity index (χ3n) is 1.97. The Kier molecular flexibility index (Phi) is 4.79. The zero-order valence-electron chi connectivity index (χ0n) is 7.80. The molecule has 0 aliphatic carbocycles. The Hall–Kier alpha value is -0.360. The summed E-state index contributed by atoms with van der Waals surface area (Å²) in [6.45, 7) is 0. The Morgan fingerprint density at radius 3 is 2.60 bits per heavy atom. The molecule has 1 aromatic carbocycles.